The predicted octanol–water partition coefficient (Wildman–Crippen LogP) is 3.36. The zero-order valence-corrected chi connectivity index (χ0v) is 11.1. The summed E-state index contributed by atoms with van der Waals surface area (Å²) in [7, 11) is 0. The summed E-state index contributed by atoms with van der Waals surface area (Å²) in [4.78, 5) is 0. The number of hydrogen-bond donors (Lipinski definition) is 1. The van der Waals surface area contributed by atoms with Crippen molar-refractivity contribution in [3.63, 3.8) is 0 Å². The lowest BCUT2D eigenvalue weighted by Crippen LogP contribution is -2.37. The van der Waals surface area contributed by atoms with Crippen LogP contribution >= 0.6 is 0 Å². The first kappa shape index (κ1) is 14.0. The first-order valence-electron chi connectivity index (χ1n) is 7.19. The quantitative estimate of drug-likeness (QED) is 0.610. The molecule has 0 aromatic carbocycles. The van der Waals surface area contributed by atoms with Gasteiger partial charge >= 0.3 is 0 Å². The Balaban J connectivity index is 2.19. The average molecular weight is 227 g/mol. The third-order valence-electron chi connectivity index (χ3n) is 3.56. The fourth-order valence-corrected chi connectivity index (χ4v) is 2.50. The van der Waals surface area contributed by atoms with E-state index in [-0.39, 0.29) is 0 Å². The van der Waals surface area contributed by atoms with Gasteiger partial charge in [0.25, 0.3) is 0 Å². The van der Waals surface area contributed by atoms with E-state index in [4.69, 9.17) is 4.74 Å². The van der Waals surface area contributed by atoms with Crippen molar-refractivity contribution < 1.29 is 4.74 Å². The molecule has 0 bridgehead atoms. The smallest absolute Gasteiger partial charge is 0.0510 e. The SMILES string of the molecule is CCCCCCC(NCCC)C1CCOC1. The van der Waals surface area contributed by atoms with Crippen LogP contribution in [-0.2, 0) is 4.74 Å². The van der Waals surface area contributed by atoms with Crippen molar-refractivity contribution >= 4 is 0 Å². The lowest BCUT2D eigenvalue weighted by atomic mass is 9.93. The Morgan fingerprint density at radius 2 is 2.06 bits per heavy atom. The molecule has 0 radical (unpaired) electrons. The Kier molecular flexibility index (Phi) is 7.87. The van der Waals surface area contributed by atoms with Crippen LogP contribution in [0.4, 0.5) is 0 Å². The van der Waals surface area contributed by atoms with E-state index in [9.17, 15) is 0 Å². The normalized spacial score (nSPS) is 22.5. The van der Waals surface area contributed by atoms with Gasteiger partial charge in [-0.05, 0) is 31.7 Å². The van der Waals surface area contributed by atoms with Gasteiger partial charge in [0.05, 0.1) is 6.61 Å². The molecular formula is C14H29NO. The molecule has 2 heteroatoms. The highest BCUT2D eigenvalue weighted by Gasteiger charge is 2.24. The van der Waals surface area contributed by atoms with Crippen molar-refractivity contribution in [1.29, 1.82) is 0 Å². The van der Waals surface area contributed by atoms with Crippen LogP contribution in [-0.4, -0.2) is 25.8 Å². The number of rotatable bonds is 9. The van der Waals surface area contributed by atoms with Crippen molar-refractivity contribution in [2.45, 2.75) is 64.8 Å². The molecule has 1 rings (SSSR count). The van der Waals surface area contributed by atoms with E-state index in [1.165, 1.54) is 44.9 Å². The number of ether oxygens (including phenoxy) is 1. The number of nitrogens with one attached hydrogen (secondary N) is 1. The standard InChI is InChI=1S/C14H29NO/c1-3-5-6-7-8-14(15-10-4-2)13-9-11-16-12-13/h13-15H,3-12H2,1-2H3. The van der Waals surface area contributed by atoms with E-state index < -0.39 is 0 Å². The molecule has 0 amide bonds. The summed E-state index contributed by atoms with van der Waals surface area (Å²) >= 11 is 0. The van der Waals surface area contributed by atoms with Crippen molar-refractivity contribution in [3.8, 4) is 0 Å². The van der Waals surface area contributed by atoms with E-state index in [1.807, 2.05) is 0 Å². The molecule has 1 saturated heterocycles. The molecule has 0 aromatic rings. The molecule has 1 aliphatic rings. The van der Waals surface area contributed by atoms with Crippen LogP contribution in [0.1, 0.15) is 58.8 Å². The van der Waals surface area contributed by atoms with Gasteiger partial charge in [-0.15, -0.1) is 0 Å². The summed E-state index contributed by atoms with van der Waals surface area (Å²) in [5, 5.41) is 3.71. The summed E-state index contributed by atoms with van der Waals surface area (Å²) in [5.41, 5.74) is 0. The van der Waals surface area contributed by atoms with E-state index in [2.05, 4.69) is 19.2 Å². The molecule has 2 unspecified atom stereocenters. The summed E-state index contributed by atoms with van der Waals surface area (Å²) in [6.45, 7) is 7.64. The monoisotopic (exact) mass is 227 g/mol. The van der Waals surface area contributed by atoms with Crippen LogP contribution in [0.25, 0.3) is 0 Å². The lowest BCUT2D eigenvalue weighted by molar-refractivity contribution is 0.174. The highest BCUT2D eigenvalue weighted by atomic mass is 16.5. The van der Waals surface area contributed by atoms with Gasteiger partial charge in [0.15, 0.2) is 0 Å². The maximum absolute atomic E-state index is 5.51. The van der Waals surface area contributed by atoms with Crippen LogP contribution in [0.15, 0.2) is 0 Å². The zero-order chi connectivity index (χ0) is 11.6. The lowest BCUT2D eigenvalue weighted by Gasteiger charge is -2.23. The molecule has 2 atom stereocenters. The molecule has 1 N–H and O–H groups in total. The molecule has 2 nitrogen and oxygen atoms in total. The Morgan fingerprint density at radius 3 is 2.69 bits per heavy atom. The van der Waals surface area contributed by atoms with Crippen molar-refractivity contribution in [2.24, 2.45) is 5.92 Å². The van der Waals surface area contributed by atoms with Crippen molar-refractivity contribution in [3.05, 3.63) is 0 Å². The fourth-order valence-electron chi connectivity index (χ4n) is 2.50. The zero-order valence-electron chi connectivity index (χ0n) is 11.1. The molecule has 0 saturated carbocycles. The Bertz CT molecular complexity index is 155. The van der Waals surface area contributed by atoms with Gasteiger partial charge in [-0.1, -0.05) is 39.5 Å². The molecule has 1 aliphatic heterocycles. The number of hydrogen-bond acceptors (Lipinski definition) is 2. The highest BCUT2D eigenvalue weighted by molar-refractivity contribution is 4.79. The molecule has 0 spiro atoms. The second-order valence-corrected chi connectivity index (χ2v) is 5.03. The van der Waals surface area contributed by atoms with Gasteiger partial charge in [0.2, 0.25) is 0 Å². The first-order valence-corrected chi connectivity index (χ1v) is 7.19. The maximum Gasteiger partial charge on any atom is 0.0510 e. The minimum Gasteiger partial charge on any atom is -0.381 e. The molecule has 16 heavy (non-hydrogen) atoms. The van der Waals surface area contributed by atoms with Crippen LogP contribution in [0.2, 0.25) is 0 Å². The van der Waals surface area contributed by atoms with Gasteiger partial charge in [-0.3, -0.25) is 0 Å². The minimum absolute atomic E-state index is 0.708. The van der Waals surface area contributed by atoms with Crippen LogP contribution in [0, 0.1) is 5.92 Å². The second-order valence-electron chi connectivity index (χ2n) is 5.03. The van der Waals surface area contributed by atoms with Crippen molar-refractivity contribution in [2.75, 3.05) is 19.8 Å². The van der Waals surface area contributed by atoms with Gasteiger partial charge in [-0.25, -0.2) is 0 Å². The van der Waals surface area contributed by atoms with Crippen LogP contribution in [0.3, 0.4) is 0 Å². The predicted molar refractivity (Wildman–Crippen MR) is 69.8 cm³/mol. The van der Waals surface area contributed by atoms with E-state index in [1.54, 1.807) is 0 Å². The van der Waals surface area contributed by atoms with Gasteiger partial charge in [-0.2, -0.15) is 0 Å². The van der Waals surface area contributed by atoms with E-state index in [0.29, 0.717) is 6.04 Å². The fraction of sp³-hybridized carbons (Fsp3) is 1.00. The molecule has 0 aromatic heterocycles. The van der Waals surface area contributed by atoms with Gasteiger partial charge < -0.3 is 10.1 Å². The minimum atomic E-state index is 0.708. The van der Waals surface area contributed by atoms with E-state index in [0.717, 1.165) is 25.7 Å². The Morgan fingerprint density at radius 1 is 1.19 bits per heavy atom. The topological polar surface area (TPSA) is 21.3 Å². The second kappa shape index (κ2) is 9.00. The summed E-state index contributed by atoms with van der Waals surface area (Å²) in [6, 6.07) is 0.708. The van der Waals surface area contributed by atoms with Crippen LogP contribution < -0.4 is 5.32 Å². The van der Waals surface area contributed by atoms with Crippen molar-refractivity contribution in [1.82, 2.24) is 5.32 Å². The van der Waals surface area contributed by atoms with Gasteiger partial charge in [0.1, 0.15) is 0 Å². The third kappa shape index (κ3) is 5.31. The maximum atomic E-state index is 5.51. The highest BCUT2D eigenvalue weighted by Crippen LogP contribution is 2.21. The molecule has 1 fully saturated rings. The molecule has 96 valence electrons. The first-order chi connectivity index (χ1) is 7.88. The molecule has 0 aliphatic carbocycles. The Hall–Kier alpha value is -0.0800. The Labute approximate surface area is 101 Å². The largest absolute Gasteiger partial charge is 0.381 e. The number of unbranched alkanes of at least 4 members (excludes halogenated alkanes) is 3. The summed E-state index contributed by atoms with van der Waals surface area (Å²) in [6.07, 6.45) is 9.34. The van der Waals surface area contributed by atoms with Crippen LogP contribution in [0.5, 0.6) is 0 Å². The summed E-state index contributed by atoms with van der Waals surface area (Å²) < 4.78 is 5.51. The molecule has 1 heterocycles. The summed E-state index contributed by atoms with van der Waals surface area (Å²) in [5.74, 6) is 0.771. The molecular weight excluding hydrogens is 198 g/mol. The average Bonchev–Trinajstić information content (AvgIpc) is 2.82. The van der Waals surface area contributed by atoms with Gasteiger partial charge in [0, 0.05) is 12.6 Å². The van der Waals surface area contributed by atoms with E-state index >= 15 is 0 Å². The third-order valence-corrected chi connectivity index (χ3v) is 3.56.